The van der Waals surface area contributed by atoms with E-state index in [0.717, 1.165) is 0 Å². The van der Waals surface area contributed by atoms with E-state index in [0.29, 0.717) is 26.1 Å². The minimum absolute atomic E-state index is 0.0408. The zero-order chi connectivity index (χ0) is 14.3. The molecule has 0 aromatic carbocycles. The molecule has 0 aromatic rings. The minimum Gasteiger partial charge on any atom is -0.444 e. The van der Waals surface area contributed by atoms with E-state index in [9.17, 15) is 14.7 Å². The summed E-state index contributed by atoms with van der Waals surface area (Å²) < 4.78 is 5.32. The third-order valence-electron chi connectivity index (χ3n) is 3.92. The van der Waals surface area contributed by atoms with Crippen LogP contribution in [0.5, 0.6) is 0 Å². The van der Waals surface area contributed by atoms with Gasteiger partial charge in [0.1, 0.15) is 5.60 Å². The van der Waals surface area contributed by atoms with Crippen LogP contribution in [-0.2, 0) is 9.53 Å². The lowest BCUT2D eigenvalue weighted by atomic mass is 9.77. The summed E-state index contributed by atoms with van der Waals surface area (Å²) in [6.07, 6.45) is 0.198. The third-order valence-corrected chi connectivity index (χ3v) is 3.92. The Kier molecular flexibility index (Phi) is 3.47. The van der Waals surface area contributed by atoms with Gasteiger partial charge < -0.3 is 20.1 Å². The minimum atomic E-state index is -0.633. The van der Waals surface area contributed by atoms with Crippen molar-refractivity contribution in [3.63, 3.8) is 0 Å². The van der Waals surface area contributed by atoms with Crippen LogP contribution in [0.1, 0.15) is 27.2 Å². The molecule has 0 bridgehead atoms. The van der Waals surface area contributed by atoms with Crippen molar-refractivity contribution >= 4 is 12.0 Å². The number of nitrogens with zero attached hydrogens (tertiary/aromatic N) is 1. The second-order valence-corrected chi connectivity index (χ2v) is 6.40. The van der Waals surface area contributed by atoms with Crippen molar-refractivity contribution in [2.24, 2.45) is 11.3 Å². The molecule has 6 heteroatoms. The van der Waals surface area contributed by atoms with Gasteiger partial charge in [0.15, 0.2) is 0 Å². The van der Waals surface area contributed by atoms with Gasteiger partial charge in [0.05, 0.1) is 5.41 Å². The Balaban J connectivity index is 2.07. The number of likely N-dealkylation sites (tertiary alicyclic amines) is 1. The van der Waals surface area contributed by atoms with Gasteiger partial charge in [-0.2, -0.15) is 0 Å². The molecule has 0 aliphatic carbocycles. The van der Waals surface area contributed by atoms with Crippen LogP contribution in [0, 0.1) is 11.3 Å². The lowest BCUT2D eigenvalue weighted by molar-refractivity contribution is -0.128. The van der Waals surface area contributed by atoms with E-state index in [1.54, 1.807) is 4.90 Å². The van der Waals surface area contributed by atoms with Crippen molar-refractivity contribution in [2.45, 2.75) is 32.8 Å². The highest BCUT2D eigenvalue weighted by Gasteiger charge is 2.54. The monoisotopic (exact) mass is 270 g/mol. The molecule has 1 spiro atoms. The number of rotatable bonds is 1. The molecule has 2 rings (SSSR count). The number of hydrogen-bond donors (Lipinski definition) is 2. The molecule has 0 unspecified atom stereocenters. The largest absolute Gasteiger partial charge is 0.444 e. The second-order valence-electron chi connectivity index (χ2n) is 6.40. The Hall–Kier alpha value is -1.30. The molecule has 19 heavy (non-hydrogen) atoms. The summed E-state index contributed by atoms with van der Waals surface area (Å²) in [5.74, 6) is -0.176. The molecule has 0 saturated carbocycles. The Bertz CT molecular complexity index is 391. The average molecular weight is 270 g/mol. The van der Waals surface area contributed by atoms with Crippen LogP contribution in [0.2, 0.25) is 0 Å². The lowest BCUT2D eigenvalue weighted by Gasteiger charge is -2.28. The first-order valence-corrected chi connectivity index (χ1v) is 6.65. The van der Waals surface area contributed by atoms with E-state index in [1.807, 2.05) is 20.8 Å². The standard InChI is InChI=1S/C13H22N2O4/c1-12(2,3)19-11(18)15-5-4-13(8-15)9(7-16)6-14-10(13)17/h9,16H,4-8H2,1-3H3,(H,14,17)/t9-,13+/m0/s1. The number of aliphatic hydroxyl groups excluding tert-OH is 1. The van der Waals surface area contributed by atoms with Crippen LogP contribution in [0.4, 0.5) is 4.79 Å². The number of carbonyl (C=O) groups excluding carboxylic acids is 2. The van der Waals surface area contributed by atoms with Crippen LogP contribution in [-0.4, -0.2) is 53.8 Å². The topological polar surface area (TPSA) is 78.9 Å². The highest BCUT2D eigenvalue weighted by molar-refractivity contribution is 5.87. The van der Waals surface area contributed by atoms with Crippen LogP contribution in [0.3, 0.4) is 0 Å². The molecule has 2 aliphatic heterocycles. The summed E-state index contributed by atoms with van der Waals surface area (Å²) in [4.78, 5) is 25.6. The lowest BCUT2D eigenvalue weighted by Crippen LogP contribution is -2.42. The van der Waals surface area contributed by atoms with Crippen molar-refractivity contribution in [3.05, 3.63) is 0 Å². The molecule has 2 saturated heterocycles. The first-order valence-electron chi connectivity index (χ1n) is 6.65. The Morgan fingerprint density at radius 2 is 2.26 bits per heavy atom. The molecule has 2 N–H and O–H groups in total. The number of nitrogens with one attached hydrogen (secondary N) is 1. The molecule has 0 radical (unpaired) electrons. The molecule has 2 aliphatic rings. The summed E-state index contributed by atoms with van der Waals surface area (Å²) in [6, 6.07) is 0. The van der Waals surface area contributed by atoms with E-state index >= 15 is 0 Å². The maximum absolute atomic E-state index is 12.0. The van der Waals surface area contributed by atoms with Gasteiger partial charge in [-0.15, -0.1) is 0 Å². The first kappa shape index (κ1) is 14.1. The summed E-state index contributed by atoms with van der Waals surface area (Å²) in [7, 11) is 0. The highest BCUT2D eigenvalue weighted by atomic mass is 16.6. The predicted octanol–water partition coefficient (Wildman–Crippen LogP) is 0.352. The van der Waals surface area contributed by atoms with Gasteiger partial charge in [0.25, 0.3) is 0 Å². The van der Waals surface area contributed by atoms with Crippen LogP contribution < -0.4 is 5.32 Å². The van der Waals surface area contributed by atoms with Crippen molar-refractivity contribution in [2.75, 3.05) is 26.2 Å². The molecule has 0 aromatic heterocycles. The molecule has 2 heterocycles. The number of amides is 2. The maximum Gasteiger partial charge on any atom is 0.410 e. The van der Waals surface area contributed by atoms with Gasteiger partial charge in [-0.25, -0.2) is 4.79 Å². The smallest absolute Gasteiger partial charge is 0.410 e. The number of aliphatic hydroxyl groups is 1. The van der Waals surface area contributed by atoms with Crippen molar-refractivity contribution in [1.29, 1.82) is 0 Å². The first-order chi connectivity index (χ1) is 8.78. The predicted molar refractivity (Wildman–Crippen MR) is 68.4 cm³/mol. The van der Waals surface area contributed by atoms with Gasteiger partial charge in [-0.05, 0) is 27.2 Å². The Labute approximate surface area is 113 Å². The van der Waals surface area contributed by atoms with Crippen LogP contribution in [0.15, 0.2) is 0 Å². The van der Waals surface area contributed by atoms with E-state index in [2.05, 4.69) is 5.32 Å². The summed E-state index contributed by atoms with van der Waals surface area (Å²) in [6.45, 7) is 6.72. The Morgan fingerprint density at radius 3 is 2.84 bits per heavy atom. The molecule has 108 valence electrons. The van der Waals surface area contributed by atoms with Crippen LogP contribution in [0.25, 0.3) is 0 Å². The van der Waals surface area contributed by atoms with E-state index < -0.39 is 11.0 Å². The van der Waals surface area contributed by atoms with Gasteiger partial charge in [0.2, 0.25) is 5.91 Å². The summed E-state index contributed by atoms with van der Waals surface area (Å²) in [5, 5.41) is 12.2. The zero-order valence-corrected chi connectivity index (χ0v) is 11.7. The number of carbonyl (C=O) groups is 2. The fraction of sp³-hybridized carbons (Fsp3) is 0.846. The third kappa shape index (κ3) is 2.54. The van der Waals surface area contributed by atoms with Gasteiger partial charge >= 0.3 is 6.09 Å². The fourth-order valence-electron chi connectivity index (χ4n) is 2.85. The quantitative estimate of drug-likeness (QED) is 0.720. The number of hydrogen-bond acceptors (Lipinski definition) is 4. The molecular formula is C13H22N2O4. The maximum atomic E-state index is 12.0. The molecule has 2 amide bonds. The Morgan fingerprint density at radius 1 is 1.58 bits per heavy atom. The second kappa shape index (κ2) is 4.67. The van der Waals surface area contributed by atoms with Gasteiger partial charge in [-0.3, -0.25) is 4.79 Å². The highest BCUT2D eigenvalue weighted by Crippen LogP contribution is 2.41. The van der Waals surface area contributed by atoms with Crippen molar-refractivity contribution < 1.29 is 19.4 Å². The normalized spacial score (nSPS) is 30.8. The van der Waals surface area contributed by atoms with E-state index in [1.165, 1.54) is 0 Å². The number of ether oxygens (including phenoxy) is 1. The van der Waals surface area contributed by atoms with Crippen molar-refractivity contribution in [3.8, 4) is 0 Å². The summed E-state index contributed by atoms with van der Waals surface area (Å²) in [5.41, 5.74) is -1.17. The fourth-order valence-corrected chi connectivity index (χ4v) is 2.85. The molecule has 6 nitrogen and oxygen atoms in total. The average Bonchev–Trinajstić information content (AvgIpc) is 2.85. The molecule has 2 atom stereocenters. The summed E-state index contributed by atoms with van der Waals surface area (Å²) >= 11 is 0. The molecule has 2 fully saturated rings. The van der Waals surface area contributed by atoms with E-state index in [-0.39, 0.29) is 24.5 Å². The molecular weight excluding hydrogens is 248 g/mol. The zero-order valence-electron chi connectivity index (χ0n) is 11.7. The van der Waals surface area contributed by atoms with E-state index in [4.69, 9.17) is 4.74 Å². The SMILES string of the molecule is CC(C)(C)OC(=O)N1CC[C@]2(C1)C(=O)NC[C@H]2CO. The van der Waals surface area contributed by atoms with Gasteiger partial charge in [-0.1, -0.05) is 0 Å². The van der Waals surface area contributed by atoms with Gasteiger partial charge in [0, 0.05) is 32.2 Å². The van der Waals surface area contributed by atoms with Crippen molar-refractivity contribution in [1.82, 2.24) is 10.2 Å². The van der Waals surface area contributed by atoms with Crippen LogP contribution >= 0.6 is 0 Å².